The molecule has 0 amide bonds. The molecule has 1 fully saturated rings. The van der Waals surface area contributed by atoms with E-state index in [1.54, 1.807) is 0 Å². The van der Waals surface area contributed by atoms with Crippen molar-refractivity contribution in [2.75, 3.05) is 37.8 Å². The summed E-state index contributed by atoms with van der Waals surface area (Å²) in [6.45, 7) is 2.08. The van der Waals surface area contributed by atoms with Gasteiger partial charge in [0.2, 0.25) is 0 Å². The number of likely N-dealkylation sites (N-methyl/N-ethyl adjacent to an activating group) is 1. The molecule has 1 atom stereocenters. The van der Waals surface area contributed by atoms with Crippen LogP contribution in [0.5, 0.6) is 0 Å². The van der Waals surface area contributed by atoms with Crippen LogP contribution in [-0.2, 0) is 0 Å². The molecule has 0 spiro atoms. The maximum absolute atomic E-state index is 5.53. The van der Waals surface area contributed by atoms with Crippen LogP contribution >= 0.6 is 0 Å². The number of nitrogens with zero attached hydrogens (tertiary/aromatic N) is 4. The Morgan fingerprint density at radius 1 is 1.38 bits per heavy atom. The van der Waals surface area contributed by atoms with Crippen molar-refractivity contribution >= 4 is 11.6 Å². The predicted octanol–water partition coefficient (Wildman–Crippen LogP) is 0.589. The highest BCUT2D eigenvalue weighted by molar-refractivity contribution is 5.41. The highest BCUT2D eigenvalue weighted by atomic mass is 15.3. The molecule has 1 saturated heterocycles. The molecule has 5 nitrogen and oxygen atoms in total. The summed E-state index contributed by atoms with van der Waals surface area (Å²) in [5, 5.41) is 8.02. The second kappa shape index (κ2) is 4.65. The summed E-state index contributed by atoms with van der Waals surface area (Å²) >= 11 is 0. The molecule has 1 aliphatic rings. The van der Waals surface area contributed by atoms with Gasteiger partial charge in [-0.25, -0.2) is 0 Å². The third-order valence-corrected chi connectivity index (χ3v) is 3.12. The van der Waals surface area contributed by atoms with E-state index in [9.17, 15) is 0 Å². The van der Waals surface area contributed by atoms with Gasteiger partial charge in [-0.05, 0) is 39.1 Å². The van der Waals surface area contributed by atoms with E-state index in [4.69, 9.17) is 5.73 Å². The fourth-order valence-corrected chi connectivity index (χ4v) is 2.09. The van der Waals surface area contributed by atoms with Gasteiger partial charge in [0.1, 0.15) is 5.82 Å². The third kappa shape index (κ3) is 2.41. The number of nitrogen functional groups attached to an aromatic ring is 1. The minimum atomic E-state index is 0.477. The highest BCUT2D eigenvalue weighted by Gasteiger charge is 2.22. The first kappa shape index (κ1) is 11.1. The summed E-state index contributed by atoms with van der Waals surface area (Å²) in [5.41, 5.74) is 5.53. The quantitative estimate of drug-likeness (QED) is 0.792. The Morgan fingerprint density at radius 2 is 2.19 bits per heavy atom. The zero-order valence-corrected chi connectivity index (χ0v) is 9.93. The second-order valence-electron chi connectivity index (χ2n) is 4.52. The maximum atomic E-state index is 5.53. The Balaban J connectivity index is 2.06. The molecule has 2 heterocycles. The molecule has 0 saturated carbocycles. The van der Waals surface area contributed by atoms with Crippen molar-refractivity contribution < 1.29 is 0 Å². The van der Waals surface area contributed by atoms with Crippen molar-refractivity contribution in [1.82, 2.24) is 15.1 Å². The van der Waals surface area contributed by atoms with E-state index in [2.05, 4.69) is 34.1 Å². The Labute approximate surface area is 96.2 Å². The number of rotatable bonds is 2. The Morgan fingerprint density at radius 3 is 2.81 bits per heavy atom. The Hall–Kier alpha value is -1.36. The lowest BCUT2D eigenvalue weighted by atomic mass is 10.1. The van der Waals surface area contributed by atoms with Crippen LogP contribution in [0.1, 0.15) is 12.8 Å². The molecule has 0 aromatic carbocycles. The summed E-state index contributed by atoms with van der Waals surface area (Å²) in [7, 11) is 4.26. The minimum absolute atomic E-state index is 0.477. The topological polar surface area (TPSA) is 58.3 Å². The number of hydrogen-bond donors (Lipinski definition) is 1. The molecule has 5 heteroatoms. The third-order valence-electron chi connectivity index (χ3n) is 3.12. The average Bonchev–Trinajstić information content (AvgIpc) is 2.30. The van der Waals surface area contributed by atoms with E-state index in [0.29, 0.717) is 11.9 Å². The van der Waals surface area contributed by atoms with Gasteiger partial charge in [-0.3, -0.25) is 0 Å². The smallest absolute Gasteiger partial charge is 0.151 e. The summed E-state index contributed by atoms with van der Waals surface area (Å²) in [5.74, 6) is 1.41. The fourth-order valence-electron chi connectivity index (χ4n) is 2.09. The summed E-state index contributed by atoms with van der Waals surface area (Å²) < 4.78 is 0. The second-order valence-corrected chi connectivity index (χ2v) is 4.52. The van der Waals surface area contributed by atoms with Gasteiger partial charge in [-0.15, -0.1) is 10.2 Å². The van der Waals surface area contributed by atoms with Gasteiger partial charge in [-0.1, -0.05) is 0 Å². The molecule has 1 unspecified atom stereocenters. The van der Waals surface area contributed by atoms with Crippen molar-refractivity contribution in [1.29, 1.82) is 0 Å². The van der Waals surface area contributed by atoms with Gasteiger partial charge in [0.15, 0.2) is 5.82 Å². The maximum Gasteiger partial charge on any atom is 0.151 e. The zero-order valence-electron chi connectivity index (χ0n) is 9.93. The lowest BCUT2D eigenvalue weighted by molar-refractivity contribution is 0.257. The molecule has 2 N–H and O–H groups in total. The highest BCUT2D eigenvalue weighted by Crippen LogP contribution is 2.19. The lowest BCUT2D eigenvalue weighted by Gasteiger charge is -2.36. The van der Waals surface area contributed by atoms with Gasteiger partial charge >= 0.3 is 0 Å². The molecule has 1 aliphatic heterocycles. The van der Waals surface area contributed by atoms with Gasteiger partial charge in [0.05, 0.1) is 0 Å². The zero-order chi connectivity index (χ0) is 11.5. The molecular weight excluding hydrogens is 202 g/mol. The van der Waals surface area contributed by atoms with Crippen LogP contribution in [0, 0.1) is 0 Å². The number of nitrogens with two attached hydrogens (primary N) is 1. The van der Waals surface area contributed by atoms with Gasteiger partial charge in [0.25, 0.3) is 0 Å². The van der Waals surface area contributed by atoms with Gasteiger partial charge in [-0.2, -0.15) is 0 Å². The van der Waals surface area contributed by atoms with E-state index in [0.717, 1.165) is 18.9 Å². The van der Waals surface area contributed by atoms with Crippen LogP contribution in [0.2, 0.25) is 0 Å². The normalized spacial score (nSPS) is 21.4. The first-order valence-electron chi connectivity index (χ1n) is 5.67. The molecule has 0 radical (unpaired) electrons. The molecular formula is C11H19N5. The monoisotopic (exact) mass is 221 g/mol. The van der Waals surface area contributed by atoms with Crippen molar-refractivity contribution in [3.8, 4) is 0 Å². The first-order chi connectivity index (χ1) is 7.66. The van der Waals surface area contributed by atoms with Crippen LogP contribution in [0.4, 0.5) is 11.6 Å². The number of anilines is 2. The average molecular weight is 221 g/mol. The van der Waals surface area contributed by atoms with Crippen LogP contribution in [0.15, 0.2) is 12.1 Å². The largest absolute Gasteiger partial charge is 0.382 e. The number of piperidine rings is 1. The van der Waals surface area contributed by atoms with E-state index in [-0.39, 0.29) is 0 Å². The summed E-state index contributed by atoms with van der Waals surface area (Å²) in [6, 6.07) is 4.36. The molecule has 1 aromatic heterocycles. The lowest BCUT2D eigenvalue weighted by Crippen LogP contribution is -2.45. The SMILES string of the molecule is CN(C)C1CCCN(c2ccc(N)nn2)C1. The molecule has 0 aliphatic carbocycles. The predicted molar refractivity (Wildman–Crippen MR) is 65.4 cm³/mol. The molecule has 88 valence electrons. The molecule has 16 heavy (non-hydrogen) atoms. The summed E-state index contributed by atoms with van der Waals surface area (Å²) in [4.78, 5) is 4.55. The van der Waals surface area contributed by atoms with E-state index in [1.807, 2.05) is 12.1 Å². The molecule has 1 aromatic rings. The van der Waals surface area contributed by atoms with Crippen LogP contribution in [-0.4, -0.2) is 48.3 Å². The Bertz CT molecular complexity index is 335. The fraction of sp³-hybridized carbons (Fsp3) is 0.636. The van der Waals surface area contributed by atoms with Crippen LogP contribution < -0.4 is 10.6 Å². The van der Waals surface area contributed by atoms with Crippen molar-refractivity contribution in [2.24, 2.45) is 0 Å². The molecule has 0 bridgehead atoms. The van der Waals surface area contributed by atoms with Crippen LogP contribution in [0.3, 0.4) is 0 Å². The summed E-state index contributed by atoms with van der Waals surface area (Å²) in [6.07, 6.45) is 2.46. The van der Waals surface area contributed by atoms with E-state index < -0.39 is 0 Å². The van der Waals surface area contributed by atoms with Crippen LogP contribution in [0.25, 0.3) is 0 Å². The van der Waals surface area contributed by atoms with Gasteiger partial charge < -0.3 is 15.5 Å². The standard InChI is InChI=1S/C11H19N5/c1-15(2)9-4-3-7-16(8-9)11-6-5-10(12)13-14-11/h5-6,9H,3-4,7-8H2,1-2H3,(H2,12,13). The van der Waals surface area contributed by atoms with Gasteiger partial charge in [0, 0.05) is 19.1 Å². The van der Waals surface area contributed by atoms with Crippen molar-refractivity contribution in [2.45, 2.75) is 18.9 Å². The first-order valence-corrected chi connectivity index (χ1v) is 5.67. The van der Waals surface area contributed by atoms with E-state index >= 15 is 0 Å². The minimum Gasteiger partial charge on any atom is -0.382 e. The Kier molecular flexibility index (Phi) is 3.24. The number of hydrogen-bond acceptors (Lipinski definition) is 5. The van der Waals surface area contributed by atoms with Crippen molar-refractivity contribution in [3.63, 3.8) is 0 Å². The number of aromatic nitrogens is 2. The van der Waals surface area contributed by atoms with Crippen molar-refractivity contribution in [3.05, 3.63) is 12.1 Å². The molecule has 2 rings (SSSR count). The van der Waals surface area contributed by atoms with E-state index in [1.165, 1.54) is 12.8 Å².